The summed E-state index contributed by atoms with van der Waals surface area (Å²) >= 11 is 0. The van der Waals surface area contributed by atoms with Crippen molar-refractivity contribution in [3.05, 3.63) is 11.7 Å². The van der Waals surface area contributed by atoms with Gasteiger partial charge in [0.25, 0.3) is 5.89 Å². The van der Waals surface area contributed by atoms with Crippen LogP contribution in [0.15, 0.2) is 4.52 Å². The Hall–Kier alpha value is -0.980. The van der Waals surface area contributed by atoms with Crippen LogP contribution in [0, 0.1) is 0 Å². The van der Waals surface area contributed by atoms with Gasteiger partial charge >= 0.3 is 0 Å². The molecule has 2 unspecified atom stereocenters. The van der Waals surface area contributed by atoms with E-state index in [1.807, 2.05) is 0 Å². The van der Waals surface area contributed by atoms with E-state index >= 15 is 0 Å². The summed E-state index contributed by atoms with van der Waals surface area (Å²) in [5.41, 5.74) is -0.997. The highest BCUT2D eigenvalue weighted by Gasteiger charge is 2.38. The molecule has 6 heteroatoms. The van der Waals surface area contributed by atoms with Crippen LogP contribution in [0.4, 0.5) is 0 Å². The summed E-state index contributed by atoms with van der Waals surface area (Å²) in [4.78, 5) is 4.34. The van der Waals surface area contributed by atoms with Crippen molar-refractivity contribution in [1.82, 2.24) is 15.5 Å². The first kappa shape index (κ1) is 11.1. The standard InChI is InChI=1S/C11H17N3O3/c15-11(3-1-4-12-7-11)10-13-9(14-17-10)8-2-5-16-6-8/h8,12,15H,1-7H2. The Morgan fingerprint density at radius 3 is 3.12 bits per heavy atom. The average molecular weight is 239 g/mol. The normalized spacial score (nSPS) is 34.1. The van der Waals surface area contributed by atoms with Gasteiger partial charge in [-0.05, 0) is 25.8 Å². The number of hydrogen-bond acceptors (Lipinski definition) is 6. The molecule has 0 aliphatic carbocycles. The molecular weight excluding hydrogens is 222 g/mol. The molecule has 0 radical (unpaired) electrons. The minimum Gasteiger partial charge on any atom is -0.381 e. The van der Waals surface area contributed by atoms with E-state index in [1.54, 1.807) is 0 Å². The van der Waals surface area contributed by atoms with Gasteiger partial charge in [0, 0.05) is 19.1 Å². The molecule has 2 aliphatic rings. The van der Waals surface area contributed by atoms with Crippen LogP contribution in [0.25, 0.3) is 0 Å². The Balaban J connectivity index is 1.78. The van der Waals surface area contributed by atoms with Gasteiger partial charge in [0.1, 0.15) is 0 Å². The van der Waals surface area contributed by atoms with Crippen LogP contribution in [-0.4, -0.2) is 41.6 Å². The van der Waals surface area contributed by atoms with E-state index in [0.717, 1.165) is 26.0 Å². The van der Waals surface area contributed by atoms with Crippen molar-refractivity contribution < 1.29 is 14.4 Å². The predicted molar refractivity (Wildman–Crippen MR) is 58.5 cm³/mol. The van der Waals surface area contributed by atoms with E-state index in [2.05, 4.69) is 15.5 Å². The fourth-order valence-electron chi connectivity index (χ4n) is 2.40. The second-order valence-electron chi connectivity index (χ2n) is 4.83. The Morgan fingerprint density at radius 2 is 2.41 bits per heavy atom. The summed E-state index contributed by atoms with van der Waals surface area (Å²) in [6.45, 7) is 2.81. The van der Waals surface area contributed by atoms with Crippen molar-refractivity contribution in [2.75, 3.05) is 26.3 Å². The molecule has 2 aliphatic heterocycles. The lowest BCUT2D eigenvalue weighted by Crippen LogP contribution is -2.43. The van der Waals surface area contributed by atoms with Crippen LogP contribution >= 0.6 is 0 Å². The number of ether oxygens (including phenoxy) is 1. The number of hydrogen-bond donors (Lipinski definition) is 2. The summed E-state index contributed by atoms with van der Waals surface area (Å²) in [6.07, 6.45) is 2.51. The van der Waals surface area contributed by atoms with Crippen LogP contribution in [0.3, 0.4) is 0 Å². The number of nitrogens with one attached hydrogen (secondary N) is 1. The summed E-state index contributed by atoms with van der Waals surface area (Å²) in [5, 5.41) is 17.5. The highest BCUT2D eigenvalue weighted by atomic mass is 16.5. The zero-order valence-corrected chi connectivity index (χ0v) is 9.69. The lowest BCUT2D eigenvalue weighted by molar-refractivity contribution is -0.0167. The molecule has 6 nitrogen and oxygen atoms in total. The lowest BCUT2D eigenvalue weighted by atomic mass is 9.94. The second-order valence-corrected chi connectivity index (χ2v) is 4.83. The number of piperidine rings is 1. The fourth-order valence-corrected chi connectivity index (χ4v) is 2.40. The first-order chi connectivity index (χ1) is 8.28. The topological polar surface area (TPSA) is 80.4 Å². The zero-order valence-electron chi connectivity index (χ0n) is 9.69. The quantitative estimate of drug-likeness (QED) is 0.764. The molecule has 3 rings (SSSR count). The maximum Gasteiger partial charge on any atom is 0.259 e. The summed E-state index contributed by atoms with van der Waals surface area (Å²) in [7, 11) is 0. The first-order valence-corrected chi connectivity index (χ1v) is 6.13. The molecule has 2 fully saturated rings. The molecular formula is C11H17N3O3. The van der Waals surface area contributed by atoms with Crippen LogP contribution in [0.1, 0.15) is 36.9 Å². The highest BCUT2D eigenvalue weighted by Crippen LogP contribution is 2.29. The van der Waals surface area contributed by atoms with Crippen molar-refractivity contribution in [2.24, 2.45) is 0 Å². The number of nitrogens with zero attached hydrogens (tertiary/aromatic N) is 2. The van der Waals surface area contributed by atoms with Crippen LogP contribution in [-0.2, 0) is 10.3 Å². The summed E-state index contributed by atoms with van der Waals surface area (Å²) in [6, 6.07) is 0. The van der Waals surface area contributed by atoms with Gasteiger partial charge < -0.3 is 19.7 Å². The number of rotatable bonds is 2. The van der Waals surface area contributed by atoms with Gasteiger partial charge in [-0.3, -0.25) is 0 Å². The molecule has 0 bridgehead atoms. The van der Waals surface area contributed by atoms with Crippen LogP contribution in [0.5, 0.6) is 0 Å². The predicted octanol–water partition coefficient (Wildman–Crippen LogP) is 0.144. The van der Waals surface area contributed by atoms with E-state index < -0.39 is 5.60 Å². The second kappa shape index (κ2) is 4.36. The molecule has 2 saturated heterocycles. The molecule has 0 aromatic carbocycles. The number of aliphatic hydroxyl groups is 1. The smallest absolute Gasteiger partial charge is 0.259 e. The van der Waals surface area contributed by atoms with E-state index in [0.29, 0.717) is 31.3 Å². The first-order valence-electron chi connectivity index (χ1n) is 6.13. The Kier molecular flexibility index (Phi) is 2.85. The molecule has 1 aromatic heterocycles. The molecule has 0 saturated carbocycles. The van der Waals surface area contributed by atoms with Crippen LogP contribution in [0.2, 0.25) is 0 Å². The van der Waals surface area contributed by atoms with Crippen molar-refractivity contribution in [3.63, 3.8) is 0 Å². The van der Waals surface area contributed by atoms with E-state index in [-0.39, 0.29) is 5.92 Å². The van der Waals surface area contributed by atoms with Gasteiger partial charge in [-0.15, -0.1) is 0 Å². The summed E-state index contributed by atoms with van der Waals surface area (Å²) in [5.74, 6) is 1.22. The third kappa shape index (κ3) is 2.08. The maximum atomic E-state index is 10.4. The van der Waals surface area contributed by atoms with Crippen LogP contribution < -0.4 is 5.32 Å². The minimum atomic E-state index is -0.997. The van der Waals surface area contributed by atoms with Gasteiger partial charge in [0.05, 0.1) is 6.61 Å². The average Bonchev–Trinajstić information content (AvgIpc) is 3.01. The maximum absolute atomic E-state index is 10.4. The van der Waals surface area contributed by atoms with E-state index in [9.17, 15) is 5.11 Å². The monoisotopic (exact) mass is 239 g/mol. The third-order valence-corrected chi connectivity index (χ3v) is 3.50. The largest absolute Gasteiger partial charge is 0.381 e. The fraction of sp³-hybridized carbons (Fsp3) is 0.818. The molecule has 94 valence electrons. The summed E-state index contributed by atoms with van der Waals surface area (Å²) < 4.78 is 10.5. The highest BCUT2D eigenvalue weighted by molar-refractivity contribution is 5.05. The number of aromatic nitrogens is 2. The van der Waals surface area contributed by atoms with E-state index in [4.69, 9.17) is 9.26 Å². The van der Waals surface area contributed by atoms with Crippen molar-refractivity contribution in [1.29, 1.82) is 0 Å². The molecule has 0 amide bonds. The SMILES string of the molecule is OC1(c2nc(C3CCOC3)no2)CCCNC1. The third-order valence-electron chi connectivity index (χ3n) is 3.50. The Bertz CT molecular complexity index is 381. The minimum absolute atomic E-state index is 0.215. The Labute approximate surface area is 99.3 Å². The van der Waals surface area contributed by atoms with Gasteiger partial charge in [0.15, 0.2) is 11.4 Å². The van der Waals surface area contributed by atoms with Crippen molar-refractivity contribution in [3.8, 4) is 0 Å². The molecule has 1 aromatic rings. The van der Waals surface area contributed by atoms with Crippen molar-refractivity contribution >= 4 is 0 Å². The lowest BCUT2D eigenvalue weighted by Gasteiger charge is -2.28. The van der Waals surface area contributed by atoms with Gasteiger partial charge in [-0.2, -0.15) is 4.98 Å². The molecule has 17 heavy (non-hydrogen) atoms. The van der Waals surface area contributed by atoms with Crippen molar-refractivity contribution in [2.45, 2.75) is 30.8 Å². The zero-order chi connectivity index (χ0) is 11.7. The van der Waals surface area contributed by atoms with Gasteiger partial charge in [-0.25, -0.2) is 0 Å². The van der Waals surface area contributed by atoms with Gasteiger partial charge in [0.2, 0.25) is 0 Å². The Morgan fingerprint density at radius 1 is 1.47 bits per heavy atom. The molecule has 3 heterocycles. The number of β-amino-alcohol motifs (C(OH)–C–C–N with tert-alkyl or cyclic N) is 1. The molecule has 2 atom stereocenters. The van der Waals surface area contributed by atoms with E-state index in [1.165, 1.54) is 0 Å². The van der Waals surface area contributed by atoms with Gasteiger partial charge in [-0.1, -0.05) is 5.16 Å². The molecule has 0 spiro atoms. The molecule has 2 N–H and O–H groups in total.